The highest BCUT2D eigenvalue weighted by atomic mass is 32.2. The largest absolute Gasteiger partial charge is 0.854 e. The normalized spacial score (nSPS) is 14.9. The van der Waals surface area contributed by atoms with Crippen molar-refractivity contribution in [3.05, 3.63) is 67.0 Å². The number of carbonyl (C=O) groups is 1. The minimum Gasteiger partial charge on any atom is -0.854 e. The monoisotopic (exact) mass is 391 g/mol. The number of benzene rings is 1. The van der Waals surface area contributed by atoms with Crippen molar-refractivity contribution in [2.75, 3.05) is 10.7 Å². The number of fused-ring (bicyclic) bond motifs is 3. The molecule has 0 radical (unpaired) electrons. The third-order valence-corrected chi connectivity index (χ3v) is 5.22. The molecule has 28 heavy (non-hydrogen) atoms. The topological polar surface area (TPSA) is 85.9 Å². The number of para-hydroxylation sites is 1. The van der Waals surface area contributed by atoms with Crippen molar-refractivity contribution in [2.45, 2.75) is 18.2 Å². The van der Waals surface area contributed by atoms with Gasteiger partial charge in [0.1, 0.15) is 0 Å². The number of pyridine rings is 1. The summed E-state index contributed by atoms with van der Waals surface area (Å²) >= 11 is 1.32. The molecule has 3 heterocycles. The molecule has 1 aromatic carbocycles. The predicted octanol–water partition coefficient (Wildman–Crippen LogP) is 2.09. The van der Waals surface area contributed by atoms with Gasteiger partial charge in [-0.2, -0.15) is 0 Å². The van der Waals surface area contributed by atoms with Gasteiger partial charge in [0.05, 0.1) is 17.1 Å². The Kier molecular flexibility index (Phi) is 4.79. The Morgan fingerprint density at radius 2 is 2.07 bits per heavy atom. The molecule has 0 saturated carbocycles. The van der Waals surface area contributed by atoms with E-state index in [1.54, 1.807) is 34.1 Å². The summed E-state index contributed by atoms with van der Waals surface area (Å²) in [6.45, 7) is 5.20. The van der Waals surface area contributed by atoms with E-state index in [2.05, 4.69) is 21.6 Å². The minimum absolute atomic E-state index is 0.154. The lowest BCUT2D eigenvalue weighted by atomic mass is 10.0. The van der Waals surface area contributed by atoms with Gasteiger partial charge in [0.25, 0.3) is 17.0 Å². The van der Waals surface area contributed by atoms with E-state index < -0.39 is 6.17 Å². The Labute approximate surface area is 166 Å². The van der Waals surface area contributed by atoms with Gasteiger partial charge in [-0.05, 0) is 24.3 Å². The van der Waals surface area contributed by atoms with Crippen LogP contribution in [0.25, 0.3) is 11.3 Å². The molecule has 0 N–H and O–H groups in total. The number of nitrogens with zero attached hydrogens (tertiary/aromatic N) is 5. The average molecular weight is 391 g/mol. The Balaban J connectivity index is 2.02. The molecule has 0 fully saturated rings. The van der Waals surface area contributed by atoms with E-state index in [4.69, 9.17) is 0 Å². The maximum Gasteiger partial charge on any atom is 0.293 e. The molecule has 3 aromatic rings. The summed E-state index contributed by atoms with van der Waals surface area (Å²) in [6, 6.07) is 10.9. The average Bonchev–Trinajstić information content (AvgIpc) is 2.71. The second-order valence-corrected chi connectivity index (χ2v) is 7.14. The summed E-state index contributed by atoms with van der Waals surface area (Å²) in [5.74, 6) is 0.0427. The highest BCUT2D eigenvalue weighted by molar-refractivity contribution is 7.99. The first-order valence-electron chi connectivity index (χ1n) is 8.65. The molecule has 7 nitrogen and oxygen atoms in total. The van der Waals surface area contributed by atoms with Crippen LogP contribution in [0.2, 0.25) is 0 Å². The highest BCUT2D eigenvalue weighted by Crippen LogP contribution is 2.40. The van der Waals surface area contributed by atoms with Crippen molar-refractivity contribution < 1.29 is 14.6 Å². The summed E-state index contributed by atoms with van der Waals surface area (Å²) < 4.78 is 1.60. The van der Waals surface area contributed by atoms with E-state index in [1.807, 2.05) is 30.3 Å². The third-order valence-electron chi connectivity index (χ3n) is 4.39. The second kappa shape index (κ2) is 7.40. The van der Waals surface area contributed by atoms with Gasteiger partial charge in [0, 0.05) is 35.7 Å². The quantitative estimate of drug-likeness (QED) is 0.385. The molecule has 8 heteroatoms. The van der Waals surface area contributed by atoms with Crippen LogP contribution in [0.4, 0.5) is 5.69 Å². The molecular formula is C20H17N5O2S. The number of aromatic nitrogens is 4. The van der Waals surface area contributed by atoms with Crippen molar-refractivity contribution in [2.24, 2.45) is 0 Å². The van der Waals surface area contributed by atoms with Gasteiger partial charge in [-0.15, -0.1) is 6.58 Å². The molecule has 0 saturated heterocycles. The Morgan fingerprint density at radius 1 is 1.32 bits per heavy atom. The molecule has 0 aliphatic carbocycles. The Morgan fingerprint density at radius 3 is 2.79 bits per heavy atom. The molecule has 1 unspecified atom stereocenters. The standard InChI is InChI=1S/C20H17N5O2S/c1-3-12-28-20-22-18(27)17-15-6-4-5-7-16(15)24(13(2)26)19(25(17)23-20)14-8-10-21-11-9-14/h3-11,19H,1,12H2,2H3. The summed E-state index contributed by atoms with van der Waals surface area (Å²) in [4.78, 5) is 22.5. The van der Waals surface area contributed by atoms with Crippen LogP contribution < -0.4 is 14.7 Å². The fourth-order valence-corrected chi connectivity index (χ4v) is 3.87. The number of amides is 1. The molecule has 1 atom stereocenters. The van der Waals surface area contributed by atoms with E-state index in [0.717, 1.165) is 5.56 Å². The van der Waals surface area contributed by atoms with E-state index in [1.165, 1.54) is 18.7 Å². The number of thioether (sulfide) groups is 1. The van der Waals surface area contributed by atoms with Crippen LogP contribution in [0.1, 0.15) is 18.7 Å². The summed E-state index contributed by atoms with van der Waals surface area (Å²) in [7, 11) is 0. The molecule has 1 amide bonds. The first-order valence-corrected chi connectivity index (χ1v) is 9.64. The maximum absolute atomic E-state index is 12.9. The van der Waals surface area contributed by atoms with Crippen molar-refractivity contribution in [3.63, 3.8) is 0 Å². The van der Waals surface area contributed by atoms with Crippen LogP contribution in [0.15, 0.2) is 66.6 Å². The van der Waals surface area contributed by atoms with Gasteiger partial charge in [-0.3, -0.25) is 9.78 Å². The number of hydrogen-bond acceptors (Lipinski definition) is 6. The van der Waals surface area contributed by atoms with Crippen LogP contribution in [0.3, 0.4) is 0 Å². The Hall–Kier alpha value is -3.26. The molecule has 1 aliphatic rings. The van der Waals surface area contributed by atoms with Crippen molar-refractivity contribution in [1.29, 1.82) is 0 Å². The molecule has 1 aliphatic heterocycles. The molecule has 4 rings (SSSR count). The zero-order valence-corrected chi connectivity index (χ0v) is 16.0. The molecule has 140 valence electrons. The molecular weight excluding hydrogens is 374 g/mol. The maximum atomic E-state index is 12.9. The lowest BCUT2D eigenvalue weighted by Crippen LogP contribution is -2.58. The minimum atomic E-state index is -0.607. The van der Waals surface area contributed by atoms with Crippen molar-refractivity contribution in [3.8, 4) is 17.1 Å². The zero-order valence-electron chi connectivity index (χ0n) is 15.1. The molecule has 0 bridgehead atoms. The number of hydrogen-bond donors (Lipinski definition) is 0. The number of anilines is 1. The van der Waals surface area contributed by atoms with E-state index in [9.17, 15) is 9.90 Å². The molecule has 0 spiro atoms. The summed E-state index contributed by atoms with van der Waals surface area (Å²) in [6.07, 6.45) is 4.42. The van der Waals surface area contributed by atoms with Crippen LogP contribution in [-0.4, -0.2) is 26.7 Å². The van der Waals surface area contributed by atoms with Gasteiger partial charge in [-0.1, -0.05) is 34.7 Å². The van der Waals surface area contributed by atoms with E-state index >= 15 is 0 Å². The SMILES string of the molecule is C=CCSc1nc([O-])c2[n+](n1)C(c1ccncc1)N(C(C)=O)c1ccccc1-2. The fourth-order valence-electron chi connectivity index (χ4n) is 3.31. The fraction of sp³-hybridized carbons (Fsp3) is 0.150. The number of rotatable bonds is 4. The van der Waals surface area contributed by atoms with Crippen molar-refractivity contribution in [1.82, 2.24) is 15.1 Å². The summed E-state index contributed by atoms with van der Waals surface area (Å²) in [5.41, 5.74) is 2.44. The highest BCUT2D eigenvalue weighted by Gasteiger charge is 2.43. The van der Waals surface area contributed by atoms with Crippen molar-refractivity contribution >= 4 is 23.4 Å². The first kappa shape index (κ1) is 18.1. The third kappa shape index (κ3) is 3.01. The van der Waals surface area contributed by atoms with Crippen LogP contribution in [0, 0.1) is 0 Å². The summed E-state index contributed by atoms with van der Waals surface area (Å²) in [5, 5.41) is 17.9. The van der Waals surface area contributed by atoms with Gasteiger partial charge < -0.3 is 5.11 Å². The van der Waals surface area contributed by atoms with Gasteiger partial charge in [0.2, 0.25) is 5.91 Å². The van der Waals surface area contributed by atoms with Crippen LogP contribution in [-0.2, 0) is 4.79 Å². The lowest BCUT2D eigenvalue weighted by Gasteiger charge is -2.32. The smallest absolute Gasteiger partial charge is 0.293 e. The zero-order chi connectivity index (χ0) is 19.7. The Bertz CT molecular complexity index is 1060. The number of carbonyl (C=O) groups excluding carboxylic acids is 1. The van der Waals surface area contributed by atoms with Crippen LogP contribution in [0.5, 0.6) is 5.88 Å². The first-order chi connectivity index (χ1) is 13.6. The van der Waals surface area contributed by atoms with Gasteiger partial charge >= 0.3 is 0 Å². The van der Waals surface area contributed by atoms with E-state index in [-0.39, 0.29) is 11.8 Å². The lowest BCUT2D eigenvalue weighted by molar-refractivity contribution is -0.764. The second-order valence-electron chi connectivity index (χ2n) is 6.15. The molecule has 2 aromatic heterocycles. The van der Waals surface area contributed by atoms with Crippen LogP contribution >= 0.6 is 11.8 Å². The van der Waals surface area contributed by atoms with E-state index in [0.29, 0.717) is 27.9 Å². The predicted molar refractivity (Wildman–Crippen MR) is 104 cm³/mol. The van der Waals surface area contributed by atoms with Gasteiger partial charge in [-0.25, -0.2) is 9.88 Å². The van der Waals surface area contributed by atoms with Gasteiger partial charge in [0.15, 0.2) is 0 Å².